The van der Waals surface area contributed by atoms with Gasteiger partial charge in [0.15, 0.2) is 0 Å². The molecule has 4 N–H and O–H groups in total. The molecule has 1 aromatic rings. The molecule has 0 atom stereocenters. The standard InChI is InChI=1S/C11H25N.C8H8F3N/c1-2-3-4-5-6-7-8-9-10-11-12;9-8(10,11)7-3-1-6(5-12)2-4-7/h2-12H2,1H3;1-4H,5,12H2. The monoisotopic (exact) mass is 346 g/mol. The van der Waals surface area contributed by atoms with Gasteiger partial charge in [0.25, 0.3) is 0 Å². The van der Waals surface area contributed by atoms with E-state index in [2.05, 4.69) is 6.92 Å². The molecule has 0 spiro atoms. The lowest BCUT2D eigenvalue weighted by Crippen LogP contribution is -2.05. The Morgan fingerprint density at radius 3 is 1.58 bits per heavy atom. The molecule has 0 aromatic heterocycles. The summed E-state index contributed by atoms with van der Waals surface area (Å²) in [5, 5.41) is 0. The molecule has 0 bridgehead atoms. The van der Waals surface area contributed by atoms with Gasteiger partial charge < -0.3 is 11.5 Å². The molecule has 1 rings (SSSR count). The number of halogens is 3. The van der Waals surface area contributed by atoms with Crippen LogP contribution >= 0.6 is 0 Å². The smallest absolute Gasteiger partial charge is 0.330 e. The van der Waals surface area contributed by atoms with Gasteiger partial charge in [0.05, 0.1) is 5.56 Å². The molecule has 0 aliphatic carbocycles. The molecule has 0 fully saturated rings. The molecule has 5 heteroatoms. The van der Waals surface area contributed by atoms with Gasteiger partial charge >= 0.3 is 6.18 Å². The second-order valence-corrected chi connectivity index (χ2v) is 6.02. The minimum atomic E-state index is -4.26. The van der Waals surface area contributed by atoms with E-state index in [4.69, 9.17) is 11.5 Å². The molecule has 0 saturated carbocycles. The van der Waals surface area contributed by atoms with Crippen molar-refractivity contribution in [2.24, 2.45) is 11.5 Å². The van der Waals surface area contributed by atoms with E-state index >= 15 is 0 Å². The van der Waals surface area contributed by atoms with E-state index in [0.29, 0.717) is 5.56 Å². The third kappa shape index (κ3) is 12.4. The highest BCUT2D eigenvalue weighted by molar-refractivity contribution is 5.24. The highest BCUT2D eigenvalue weighted by atomic mass is 19.4. The first-order valence-electron chi connectivity index (χ1n) is 9.02. The number of hydrogen-bond acceptors (Lipinski definition) is 2. The lowest BCUT2D eigenvalue weighted by Gasteiger charge is -2.06. The van der Waals surface area contributed by atoms with Crippen LogP contribution in [0.2, 0.25) is 0 Å². The molecule has 0 amide bonds. The highest BCUT2D eigenvalue weighted by Gasteiger charge is 2.29. The van der Waals surface area contributed by atoms with E-state index in [0.717, 1.165) is 18.7 Å². The summed E-state index contributed by atoms with van der Waals surface area (Å²) >= 11 is 0. The van der Waals surface area contributed by atoms with E-state index in [1.165, 1.54) is 69.9 Å². The SMILES string of the molecule is CCCCCCCCCCCN.NCc1ccc(C(F)(F)F)cc1. The quantitative estimate of drug-likeness (QED) is 0.539. The molecule has 24 heavy (non-hydrogen) atoms. The van der Waals surface area contributed by atoms with Gasteiger partial charge in [0.1, 0.15) is 0 Å². The van der Waals surface area contributed by atoms with Crippen LogP contribution in [0.15, 0.2) is 24.3 Å². The number of unbranched alkanes of at least 4 members (excludes halogenated alkanes) is 8. The second kappa shape index (κ2) is 14.3. The van der Waals surface area contributed by atoms with Gasteiger partial charge in [-0.25, -0.2) is 0 Å². The van der Waals surface area contributed by atoms with E-state index in [1.807, 2.05) is 0 Å². The van der Waals surface area contributed by atoms with Gasteiger partial charge in [0.2, 0.25) is 0 Å². The third-order valence-corrected chi connectivity index (χ3v) is 3.82. The first-order chi connectivity index (χ1) is 11.5. The molecule has 0 saturated heterocycles. The maximum Gasteiger partial charge on any atom is 0.416 e. The fourth-order valence-electron chi connectivity index (χ4n) is 2.28. The van der Waals surface area contributed by atoms with Crippen LogP contribution in [0.1, 0.15) is 75.8 Å². The summed E-state index contributed by atoms with van der Waals surface area (Å²) in [5.74, 6) is 0. The van der Waals surface area contributed by atoms with Crippen molar-refractivity contribution in [2.75, 3.05) is 6.54 Å². The Morgan fingerprint density at radius 2 is 1.21 bits per heavy atom. The number of benzene rings is 1. The number of nitrogens with two attached hydrogens (primary N) is 2. The predicted molar refractivity (Wildman–Crippen MR) is 95.6 cm³/mol. The van der Waals surface area contributed by atoms with E-state index in [9.17, 15) is 13.2 Å². The Balaban J connectivity index is 0.000000441. The van der Waals surface area contributed by atoms with E-state index in [-0.39, 0.29) is 6.54 Å². The van der Waals surface area contributed by atoms with Crippen molar-refractivity contribution in [1.82, 2.24) is 0 Å². The summed E-state index contributed by atoms with van der Waals surface area (Å²) in [4.78, 5) is 0. The molecular formula is C19H33F3N2. The van der Waals surface area contributed by atoms with Gasteiger partial charge in [-0.05, 0) is 30.7 Å². The summed E-state index contributed by atoms with van der Waals surface area (Å²) in [6, 6.07) is 4.82. The molecule has 0 unspecified atom stereocenters. The van der Waals surface area contributed by atoms with Crippen molar-refractivity contribution >= 4 is 0 Å². The number of alkyl halides is 3. The summed E-state index contributed by atoms with van der Waals surface area (Å²) in [5.41, 5.74) is 10.7. The van der Waals surface area contributed by atoms with Gasteiger partial charge in [-0.15, -0.1) is 0 Å². The van der Waals surface area contributed by atoms with Gasteiger partial charge in [0, 0.05) is 6.54 Å². The van der Waals surface area contributed by atoms with Crippen molar-refractivity contribution in [2.45, 2.75) is 77.4 Å². The fourth-order valence-corrected chi connectivity index (χ4v) is 2.28. The van der Waals surface area contributed by atoms with Crippen LogP contribution < -0.4 is 11.5 Å². The van der Waals surface area contributed by atoms with Crippen molar-refractivity contribution in [3.63, 3.8) is 0 Å². The van der Waals surface area contributed by atoms with Crippen LogP contribution in [-0.4, -0.2) is 6.54 Å². The Kier molecular flexibility index (Phi) is 13.7. The molecule has 1 aromatic carbocycles. The lowest BCUT2D eigenvalue weighted by molar-refractivity contribution is -0.137. The zero-order chi connectivity index (χ0) is 18.3. The van der Waals surface area contributed by atoms with Crippen molar-refractivity contribution in [3.05, 3.63) is 35.4 Å². The molecule has 2 nitrogen and oxygen atoms in total. The first kappa shape index (κ1) is 22.9. The average molecular weight is 346 g/mol. The van der Waals surface area contributed by atoms with Crippen LogP contribution in [0, 0.1) is 0 Å². The van der Waals surface area contributed by atoms with E-state index < -0.39 is 11.7 Å². The maximum atomic E-state index is 12.0. The topological polar surface area (TPSA) is 52.0 Å². The largest absolute Gasteiger partial charge is 0.416 e. The number of hydrogen-bond donors (Lipinski definition) is 2. The number of rotatable bonds is 10. The first-order valence-corrected chi connectivity index (χ1v) is 9.02. The van der Waals surface area contributed by atoms with Crippen LogP contribution in [0.4, 0.5) is 13.2 Å². The molecule has 0 aliphatic heterocycles. The lowest BCUT2D eigenvalue weighted by atomic mass is 10.1. The maximum absolute atomic E-state index is 12.0. The average Bonchev–Trinajstić information content (AvgIpc) is 2.57. The minimum absolute atomic E-state index is 0.262. The van der Waals surface area contributed by atoms with Gasteiger partial charge in [-0.2, -0.15) is 13.2 Å². The predicted octanol–water partition coefficient (Wildman–Crippen LogP) is 5.64. The van der Waals surface area contributed by atoms with Crippen LogP contribution in [0.5, 0.6) is 0 Å². The second-order valence-electron chi connectivity index (χ2n) is 6.02. The molecule has 0 heterocycles. The van der Waals surface area contributed by atoms with Crippen LogP contribution in [-0.2, 0) is 12.7 Å². The van der Waals surface area contributed by atoms with Crippen LogP contribution in [0.3, 0.4) is 0 Å². The fraction of sp³-hybridized carbons (Fsp3) is 0.684. The highest BCUT2D eigenvalue weighted by Crippen LogP contribution is 2.28. The molecule has 140 valence electrons. The van der Waals surface area contributed by atoms with Crippen LogP contribution in [0.25, 0.3) is 0 Å². The third-order valence-electron chi connectivity index (χ3n) is 3.82. The summed E-state index contributed by atoms with van der Waals surface area (Å²) in [6.07, 6.45) is 8.20. The zero-order valence-electron chi connectivity index (χ0n) is 14.9. The molecular weight excluding hydrogens is 313 g/mol. The van der Waals surface area contributed by atoms with E-state index in [1.54, 1.807) is 0 Å². The van der Waals surface area contributed by atoms with Crippen molar-refractivity contribution in [3.8, 4) is 0 Å². The van der Waals surface area contributed by atoms with Crippen molar-refractivity contribution in [1.29, 1.82) is 0 Å². The summed E-state index contributed by atoms with van der Waals surface area (Å²) < 4.78 is 36.0. The molecule has 0 aliphatic rings. The van der Waals surface area contributed by atoms with Gasteiger partial charge in [-0.3, -0.25) is 0 Å². The Hall–Kier alpha value is -1.07. The minimum Gasteiger partial charge on any atom is -0.330 e. The Morgan fingerprint density at radius 1 is 0.750 bits per heavy atom. The Bertz CT molecular complexity index is 379. The zero-order valence-corrected chi connectivity index (χ0v) is 14.9. The summed E-state index contributed by atoms with van der Waals surface area (Å²) in [6.45, 7) is 3.40. The summed E-state index contributed by atoms with van der Waals surface area (Å²) in [7, 11) is 0. The molecule has 0 radical (unpaired) electrons. The van der Waals surface area contributed by atoms with Gasteiger partial charge in [-0.1, -0.05) is 70.4 Å². The Labute approximate surface area is 144 Å². The normalized spacial score (nSPS) is 11.1. The van der Waals surface area contributed by atoms with Crippen molar-refractivity contribution < 1.29 is 13.2 Å².